The molecule has 106 valence electrons. The third-order valence-electron chi connectivity index (χ3n) is 4.05. The van der Waals surface area contributed by atoms with Gasteiger partial charge in [0.05, 0.1) is 11.3 Å². The fraction of sp³-hybridized carbons (Fsp3) is 0.923. The summed E-state index contributed by atoms with van der Waals surface area (Å²) in [7, 11) is 0.791. The Morgan fingerprint density at radius 2 is 2.00 bits per heavy atom. The first-order chi connectivity index (χ1) is 8.17. The molecular formula is C13H25NO3S. The Balaban J connectivity index is 2.81. The summed E-state index contributed by atoms with van der Waals surface area (Å²) in [4.78, 5) is 14.4. The number of carbonyl (C=O) groups is 1. The van der Waals surface area contributed by atoms with Gasteiger partial charge in [-0.3, -0.25) is 9.69 Å². The number of rotatable bonds is 5. The van der Waals surface area contributed by atoms with Gasteiger partial charge in [-0.25, -0.2) is 8.42 Å². The zero-order chi connectivity index (χ0) is 14.0. The molecule has 0 saturated heterocycles. The Hall–Kier alpha value is -0.420. The number of ketones is 1. The second-order valence-electron chi connectivity index (χ2n) is 5.93. The number of likely N-dealkylation sites (N-methyl/N-ethyl adjacent to an activating group) is 1. The largest absolute Gasteiger partial charge is 0.298 e. The van der Waals surface area contributed by atoms with Gasteiger partial charge in [-0.05, 0) is 32.9 Å². The molecule has 0 aromatic carbocycles. The molecule has 1 fully saturated rings. The average Bonchev–Trinajstić information content (AvgIpc) is 2.24. The van der Waals surface area contributed by atoms with Crippen LogP contribution >= 0.6 is 0 Å². The first-order valence-corrected chi connectivity index (χ1v) is 8.62. The molecular weight excluding hydrogens is 250 g/mol. The van der Waals surface area contributed by atoms with Crippen LogP contribution in [0.5, 0.6) is 0 Å². The molecule has 0 bridgehead atoms. The van der Waals surface area contributed by atoms with Gasteiger partial charge >= 0.3 is 0 Å². The van der Waals surface area contributed by atoms with Gasteiger partial charge in [-0.1, -0.05) is 19.8 Å². The minimum absolute atomic E-state index is 0.0319. The SMILES string of the molecule is CC1CCCC(C(=O)CCS(C)(=O)=O)(N(C)C)C1. The van der Waals surface area contributed by atoms with Gasteiger partial charge in [0.15, 0.2) is 5.78 Å². The molecule has 4 nitrogen and oxygen atoms in total. The van der Waals surface area contributed by atoms with E-state index < -0.39 is 15.4 Å². The zero-order valence-electron chi connectivity index (χ0n) is 11.9. The van der Waals surface area contributed by atoms with Crippen molar-refractivity contribution in [1.82, 2.24) is 4.90 Å². The highest BCUT2D eigenvalue weighted by molar-refractivity contribution is 7.90. The van der Waals surface area contributed by atoms with Crippen LogP contribution in [0.4, 0.5) is 0 Å². The molecule has 2 unspecified atom stereocenters. The van der Waals surface area contributed by atoms with Crippen LogP contribution in [-0.4, -0.2) is 50.7 Å². The van der Waals surface area contributed by atoms with E-state index in [0.717, 1.165) is 25.7 Å². The first-order valence-electron chi connectivity index (χ1n) is 6.56. The van der Waals surface area contributed by atoms with Gasteiger partial charge in [0.1, 0.15) is 9.84 Å². The maximum absolute atomic E-state index is 12.4. The fourth-order valence-electron chi connectivity index (χ4n) is 2.94. The lowest BCUT2D eigenvalue weighted by molar-refractivity contribution is -0.132. The van der Waals surface area contributed by atoms with Crippen molar-refractivity contribution in [3.63, 3.8) is 0 Å². The normalized spacial score (nSPS) is 29.5. The molecule has 1 aliphatic carbocycles. The first kappa shape index (κ1) is 15.6. The molecule has 2 atom stereocenters. The second-order valence-corrected chi connectivity index (χ2v) is 8.19. The summed E-state index contributed by atoms with van der Waals surface area (Å²) in [6.45, 7) is 2.17. The van der Waals surface area contributed by atoms with Crippen LogP contribution in [0, 0.1) is 5.92 Å². The monoisotopic (exact) mass is 275 g/mol. The Kier molecular flexibility index (Phi) is 4.95. The van der Waals surface area contributed by atoms with E-state index in [1.807, 2.05) is 19.0 Å². The third-order valence-corrected chi connectivity index (χ3v) is 4.99. The quantitative estimate of drug-likeness (QED) is 0.763. The summed E-state index contributed by atoms with van der Waals surface area (Å²) in [5.41, 5.74) is -0.442. The molecule has 18 heavy (non-hydrogen) atoms. The van der Waals surface area contributed by atoms with Gasteiger partial charge in [0.25, 0.3) is 0 Å². The molecule has 0 aromatic rings. The number of nitrogens with zero attached hydrogens (tertiary/aromatic N) is 1. The van der Waals surface area contributed by atoms with Crippen molar-refractivity contribution >= 4 is 15.6 Å². The predicted octanol–water partition coefficient (Wildman–Crippen LogP) is 1.50. The number of Topliss-reactive ketones (excluding diaryl/α,β-unsaturated/α-hetero) is 1. The molecule has 0 spiro atoms. The Morgan fingerprint density at radius 3 is 2.44 bits per heavy atom. The number of hydrogen-bond donors (Lipinski definition) is 0. The second kappa shape index (κ2) is 5.70. The minimum atomic E-state index is -3.06. The summed E-state index contributed by atoms with van der Waals surface area (Å²) in [5.74, 6) is 0.586. The molecule has 0 aliphatic heterocycles. The standard InChI is InChI=1S/C13H25NO3S/c1-11-6-5-8-13(10-11,14(2)3)12(15)7-9-18(4,16)17/h11H,5-10H2,1-4H3. The number of sulfone groups is 1. The Bertz CT molecular complexity index is 402. The van der Waals surface area contributed by atoms with Crippen molar-refractivity contribution in [3.8, 4) is 0 Å². The van der Waals surface area contributed by atoms with Crippen molar-refractivity contribution in [1.29, 1.82) is 0 Å². The van der Waals surface area contributed by atoms with E-state index in [9.17, 15) is 13.2 Å². The van der Waals surface area contributed by atoms with Crippen molar-refractivity contribution in [2.24, 2.45) is 5.92 Å². The lowest BCUT2D eigenvalue weighted by Crippen LogP contribution is -2.54. The molecule has 5 heteroatoms. The summed E-state index contributed by atoms with van der Waals surface area (Å²) < 4.78 is 22.4. The molecule has 1 saturated carbocycles. The molecule has 1 aliphatic rings. The summed E-state index contributed by atoms with van der Waals surface area (Å²) in [6, 6.07) is 0. The Morgan fingerprint density at radius 1 is 1.39 bits per heavy atom. The van der Waals surface area contributed by atoms with Crippen molar-refractivity contribution in [2.75, 3.05) is 26.1 Å². The number of carbonyl (C=O) groups excluding carboxylic acids is 1. The average molecular weight is 275 g/mol. The number of hydrogen-bond acceptors (Lipinski definition) is 4. The van der Waals surface area contributed by atoms with E-state index in [0.29, 0.717) is 5.92 Å². The summed E-state index contributed by atoms with van der Waals surface area (Å²) in [5, 5.41) is 0. The van der Waals surface area contributed by atoms with Gasteiger partial charge in [0, 0.05) is 12.7 Å². The van der Waals surface area contributed by atoms with Crippen LogP contribution in [0.1, 0.15) is 39.0 Å². The van der Waals surface area contributed by atoms with Gasteiger partial charge in [0.2, 0.25) is 0 Å². The third kappa shape index (κ3) is 3.79. The highest BCUT2D eigenvalue weighted by Gasteiger charge is 2.42. The van der Waals surface area contributed by atoms with E-state index in [4.69, 9.17) is 0 Å². The van der Waals surface area contributed by atoms with Crippen LogP contribution in [0.15, 0.2) is 0 Å². The van der Waals surface area contributed by atoms with E-state index >= 15 is 0 Å². The maximum atomic E-state index is 12.4. The maximum Gasteiger partial charge on any atom is 0.154 e. The van der Waals surface area contributed by atoms with Crippen LogP contribution in [0.2, 0.25) is 0 Å². The molecule has 0 aromatic heterocycles. The van der Waals surface area contributed by atoms with Crippen LogP contribution in [-0.2, 0) is 14.6 Å². The van der Waals surface area contributed by atoms with Crippen LogP contribution in [0.25, 0.3) is 0 Å². The summed E-state index contributed by atoms with van der Waals surface area (Å²) >= 11 is 0. The van der Waals surface area contributed by atoms with Crippen molar-refractivity contribution in [3.05, 3.63) is 0 Å². The minimum Gasteiger partial charge on any atom is -0.298 e. The molecule has 0 N–H and O–H groups in total. The highest BCUT2D eigenvalue weighted by atomic mass is 32.2. The lowest BCUT2D eigenvalue weighted by Gasteiger charge is -2.43. The summed E-state index contributed by atoms with van der Waals surface area (Å²) in [6.07, 6.45) is 5.24. The van der Waals surface area contributed by atoms with Gasteiger partial charge in [-0.2, -0.15) is 0 Å². The van der Waals surface area contributed by atoms with Crippen molar-refractivity contribution < 1.29 is 13.2 Å². The van der Waals surface area contributed by atoms with Gasteiger partial charge < -0.3 is 0 Å². The molecule has 0 amide bonds. The molecule has 0 radical (unpaired) electrons. The van der Waals surface area contributed by atoms with E-state index in [1.54, 1.807) is 0 Å². The zero-order valence-corrected chi connectivity index (χ0v) is 12.7. The molecule has 1 rings (SSSR count). The van der Waals surface area contributed by atoms with Crippen LogP contribution in [0.3, 0.4) is 0 Å². The predicted molar refractivity (Wildman–Crippen MR) is 73.4 cm³/mol. The van der Waals surface area contributed by atoms with E-state index in [2.05, 4.69) is 6.92 Å². The fourth-order valence-corrected chi connectivity index (χ4v) is 3.50. The van der Waals surface area contributed by atoms with E-state index in [-0.39, 0.29) is 18.0 Å². The topological polar surface area (TPSA) is 54.5 Å². The Labute approximate surface area is 111 Å². The van der Waals surface area contributed by atoms with E-state index in [1.165, 1.54) is 6.26 Å². The van der Waals surface area contributed by atoms with Crippen molar-refractivity contribution in [2.45, 2.75) is 44.6 Å². The highest BCUT2D eigenvalue weighted by Crippen LogP contribution is 2.37. The van der Waals surface area contributed by atoms with Crippen LogP contribution < -0.4 is 0 Å². The molecule has 0 heterocycles. The lowest BCUT2D eigenvalue weighted by atomic mass is 9.72. The van der Waals surface area contributed by atoms with Gasteiger partial charge in [-0.15, -0.1) is 0 Å². The smallest absolute Gasteiger partial charge is 0.154 e.